The van der Waals surface area contributed by atoms with Crippen molar-refractivity contribution < 1.29 is 4.74 Å². The number of nitrogens with one attached hydrogen (secondary N) is 1. The zero-order chi connectivity index (χ0) is 13.2. The highest BCUT2D eigenvalue weighted by Crippen LogP contribution is 2.26. The van der Waals surface area contributed by atoms with E-state index < -0.39 is 0 Å². The molecule has 1 aliphatic heterocycles. The lowest BCUT2D eigenvalue weighted by molar-refractivity contribution is 0.0232. The summed E-state index contributed by atoms with van der Waals surface area (Å²) in [6.45, 7) is 5.04. The van der Waals surface area contributed by atoms with Crippen LogP contribution >= 0.6 is 0 Å². The van der Waals surface area contributed by atoms with Crippen molar-refractivity contribution in [2.75, 3.05) is 11.9 Å². The molecule has 1 fully saturated rings. The fraction of sp³-hybridized carbons (Fsp3) is 0.438. The van der Waals surface area contributed by atoms with Crippen molar-refractivity contribution in [3.8, 4) is 0 Å². The molecule has 1 aromatic heterocycles. The fourth-order valence-electron chi connectivity index (χ4n) is 2.78. The van der Waals surface area contributed by atoms with Gasteiger partial charge in [-0.25, -0.2) is 0 Å². The van der Waals surface area contributed by atoms with Gasteiger partial charge in [-0.2, -0.15) is 0 Å². The predicted octanol–water partition coefficient (Wildman–Crippen LogP) is 3.52. The molecule has 1 aliphatic rings. The fourth-order valence-corrected chi connectivity index (χ4v) is 2.78. The Morgan fingerprint density at radius 2 is 2.16 bits per heavy atom. The Hall–Kier alpha value is -1.61. The van der Waals surface area contributed by atoms with Gasteiger partial charge in [0.05, 0.1) is 11.6 Å². The molecule has 2 aromatic rings. The van der Waals surface area contributed by atoms with E-state index in [-0.39, 0.29) is 0 Å². The molecular weight excluding hydrogens is 236 g/mol. The SMILES string of the molecule is Cc1cc(NC2CCOC(C)C2)c2ccccc2n1. The predicted molar refractivity (Wildman–Crippen MR) is 78.5 cm³/mol. The first-order chi connectivity index (χ1) is 9.22. The molecule has 0 spiro atoms. The maximum atomic E-state index is 5.60. The average molecular weight is 256 g/mol. The van der Waals surface area contributed by atoms with Gasteiger partial charge < -0.3 is 10.1 Å². The highest BCUT2D eigenvalue weighted by molar-refractivity contribution is 5.91. The van der Waals surface area contributed by atoms with Crippen LogP contribution < -0.4 is 5.32 Å². The van der Waals surface area contributed by atoms with Crippen LogP contribution in [0.25, 0.3) is 10.9 Å². The van der Waals surface area contributed by atoms with E-state index >= 15 is 0 Å². The second kappa shape index (κ2) is 5.17. The molecule has 1 saturated heterocycles. The number of benzene rings is 1. The van der Waals surface area contributed by atoms with E-state index in [1.807, 2.05) is 13.0 Å². The minimum Gasteiger partial charge on any atom is -0.382 e. The molecule has 2 unspecified atom stereocenters. The number of pyridine rings is 1. The second-order valence-electron chi connectivity index (χ2n) is 5.38. The first-order valence-corrected chi connectivity index (χ1v) is 6.97. The first kappa shape index (κ1) is 12.4. The Kier molecular flexibility index (Phi) is 3.38. The highest BCUT2D eigenvalue weighted by Gasteiger charge is 2.19. The minimum atomic E-state index is 0.348. The van der Waals surface area contributed by atoms with Gasteiger partial charge in [0, 0.05) is 29.4 Å². The van der Waals surface area contributed by atoms with Crippen molar-refractivity contribution in [2.24, 2.45) is 0 Å². The summed E-state index contributed by atoms with van der Waals surface area (Å²) in [6.07, 6.45) is 2.48. The average Bonchev–Trinajstić information content (AvgIpc) is 2.38. The van der Waals surface area contributed by atoms with Crippen LogP contribution in [0.2, 0.25) is 0 Å². The van der Waals surface area contributed by atoms with Gasteiger partial charge in [0.2, 0.25) is 0 Å². The van der Waals surface area contributed by atoms with Crippen molar-refractivity contribution >= 4 is 16.6 Å². The van der Waals surface area contributed by atoms with Crippen molar-refractivity contribution in [2.45, 2.75) is 38.8 Å². The molecule has 100 valence electrons. The van der Waals surface area contributed by atoms with E-state index in [4.69, 9.17) is 4.74 Å². The molecular formula is C16H20N2O. The molecule has 0 radical (unpaired) electrons. The molecule has 0 amide bonds. The summed E-state index contributed by atoms with van der Waals surface area (Å²) in [6, 6.07) is 10.9. The van der Waals surface area contributed by atoms with E-state index in [9.17, 15) is 0 Å². The number of ether oxygens (including phenoxy) is 1. The summed E-state index contributed by atoms with van der Waals surface area (Å²) in [5.41, 5.74) is 3.31. The topological polar surface area (TPSA) is 34.1 Å². The number of nitrogens with zero attached hydrogens (tertiary/aromatic N) is 1. The first-order valence-electron chi connectivity index (χ1n) is 6.97. The number of anilines is 1. The van der Waals surface area contributed by atoms with Gasteiger partial charge in [0.25, 0.3) is 0 Å². The summed E-state index contributed by atoms with van der Waals surface area (Å²) in [5, 5.41) is 4.88. The lowest BCUT2D eigenvalue weighted by Gasteiger charge is -2.29. The number of hydrogen-bond acceptors (Lipinski definition) is 3. The largest absolute Gasteiger partial charge is 0.382 e. The van der Waals surface area contributed by atoms with Crippen LogP contribution in [-0.4, -0.2) is 23.7 Å². The number of rotatable bonds is 2. The number of hydrogen-bond donors (Lipinski definition) is 1. The third-order valence-electron chi connectivity index (χ3n) is 3.69. The van der Waals surface area contributed by atoms with Gasteiger partial charge in [0.1, 0.15) is 0 Å². The summed E-state index contributed by atoms with van der Waals surface area (Å²) in [4.78, 5) is 4.58. The summed E-state index contributed by atoms with van der Waals surface area (Å²) < 4.78 is 5.60. The zero-order valence-electron chi connectivity index (χ0n) is 11.5. The van der Waals surface area contributed by atoms with Crippen molar-refractivity contribution in [3.63, 3.8) is 0 Å². The standard InChI is InChI=1S/C16H20N2O/c1-11-9-16(14-5-3-4-6-15(14)17-11)18-13-7-8-19-12(2)10-13/h3-6,9,12-13H,7-8,10H2,1-2H3,(H,17,18). The minimum absolute atomic E-state index is 0.348. The summed E-state index contributed by atoms with van der Waals surface area (Å²) in [5.74, 6) is 0. The number of aryl methyl sites for hydroxylation is 1. The van der Waals surface area contributed by atoms with Crippen LogP contribution in [0, 0.1) is 6.92 Å². The summed E-state index contributed by atoms with van der Waals surface area (Å²) in [7, 11) is 0. The summed E-state index contributed by atoms with van der Waals surface area (Å²) >= 11 is 0. The molecule has 3 heteroatoms. The van der Waals surface area contributed by atoms with Crippen LogP contribution in [0.1, 0.15) is 25.5 Å². The van der Waals surface area contributed by atoms with Crippen LogP contribution in [-0.2, 0) is 4.74 Å². The Morgan fingerprint density at radius 3 is 3.00 bits per heavy atom. The molecule has 0 aliphatic carbocycles. The van der Waals surface area contributed by atoms with Gasteiger partial charge in [0.15, 0.2) is 0 Å². The Labute approximate surface area is 114 Å². The Morgan fingerprint density at radius 1 is 1.32 bits per heavy atom. The van der Waals surface area contributed by atoms with Crippen LogP contribution in [0.5, 0.6) is 0 Å². The molecule has 0 bridgehead atoms. The molecule has 19 heavy (non-hydrogen) atoms. The molecule has 3 nitrogen and oxygen atoms in total. The normalized spacial score (nSPS) is 23.5. The van der Waals surface area contributed by atoms with E-state index in [1.54, 1.807) is 0 Å². The van der Waals surface area contributed by atoms with Crippen molar-refractivity contribution in [1.29, 1.82) is 0 Å². The molecule has 2 heterocycles. The van der Waals surface area contributed by atoms with Crippen molar-refractivity contribution in [1.82, 2.24) is 4.98 Å². The molecule has 2 atom stereocenters. The monoisotopic (exact) mass is 256 g/mol. The second-order valence-corrected chi connectivity index (χ2v) is 5.38. The van der Waals surface area contributed by atoms with E-state index in [0.717, 1.165) is 30.7 Å². The van der Waals surface area contributed by atoms with Crippen LogP contribution in [0.4, 0.5) is 5.69 Å². The van der Waals surface area contributed by atoms with Gasteiger partial charge >= 0.3 is 0 Å². The quantitative estimate of drug-likeness (QED) is 0.892. The molecule has 3 rings (SSSR count). The van der Waals surface area contributed by atoms with Crippen LogP contribution in [0.15, 0.2) is 30.3 Å². The third-order valence-corrected chi connectivity index (χ3v) is 3.69. The zero-order valence-corrected chi connectivity index (χ0v) is 11.5. The Bertz CT molecular complexity index is 582. The lowest BCUT2D eigenvalue weighted by atomic mass is 10.0. The van der Waals surface area contributed by atoms with Crippen LogP contribution in [0.3, 0.4) is 0 Å². The third kappa shape index (κ3) is 2.71. The molecule has 1 aromatic carbocycles. The Balaban J connectivity index is 1.91. The van der Waals surface area contributed by atoms with E-state index in [1.165, 1.54) is 11.1 Å². The smallest absolute Gasteiger partial charge is 0.0725 e. The number of aromatic nitrogens is 1. The number of para-hydroxylation sites is 1. The van der Waals surface area contributed by atoms with Gasteiger partial charge in [-0.05, 0) is 38.8 Å². The van der Waals surface area contributed by atoms with Gasteiger partial charge in [-0.3, -0.25) is 4.98 Å². The molecule has 0 saturated carbocycles. The maximum absolute atomic E-state index is 5.60. The molecule has 1 N–H and O–H groups in total. The van der Waals surface area contributed by atoms with E-state index in [2.05, 4.69) is 41.5 Å². The lowest BCUT2D eigenvalue weighted by Crippen LogP contribution is -2.32. The van der Waals surface area contributed by atoms with E-state index in [0.29, 0.717) is 12.1 Å². The maximum Gasteiger partial charge on any atom is 0.0725 e. The highest BCUT2D eigenvalue weighted by atomic mass is 16.5. The van der Waals surface area contributed by atoms with Gasteiger partial charge in [-0.15, -0.1) is 0 Å². The van der Waals surface area contributed by atoms with Crippen molar-refractivity contribution in [3.05, 3.63) is 36.0 Å². The number of fused-ring (bicyclic) bond motifs is 1. The van der Waals surface area contributed by atoms with Gasteiger partial charge in [-0.1, -0.05) is 18.2 Å².